The van der Waals surface area contributed by atoms with Gasteiger partial charge in [-0.2, -0.15) is 0 Å². The van der Waals surface area contributed by atoms with Gasteiger partial charge in [-0.25, -0.2) is 0 Å². The first-order valence-corrected chi connectivity index (χ1v) is 9.65. The fraction of sp³-hybridized carbons (Fsp3) is 0.947. The van der Waals surface area contributed by atoms with Crippen LogP contribution in [-0.2, 0) is 4.79 Å². The highest BCUT2D eigenvalue weighted by molar-refractivity contribution is 5.63. The Balaban J connectivity index is 3.32. The van der Waals surface area contributed by atoms with Crippen molar-refractivity contribution in [2.45, 2.75) is 91.4 Å². The van der Waals surface area contributed by atoms with Crippen LogP contribution < -0.4 is 5.11 Å². The highest BCUT2D eigenvalue weighted by Gasteiger charge is 2.19. The summed E-state index contributed by atoms with van der Waals surface area (Å²) in [5.41, 5.74) is 0. The summed E-state index contributed by atoms with van der Waals surface area (Å²) in [6, 6.07) is 0. The van der Waals surface area contributed by atoms with Crippen LogP contribution >= 0.6 is 0 Å². The van der Waals surface area contributed by atoms with Gasteiger partial charge in [0.2, 0.25) is 0 Å². The minimum absolute atomic E-state index is 0.229. The lowest BCUT2D eigenvalue weighted by Gasteiger charge is -2.35. The van der Waals surface area contributed by atoms with Gasteiger partial charge in [-0.3, -0.25) is 0 Å². The summed E-state index contributed by atoms with van der Waals surface area (Å²) in [4.78, 5) is 10.3. The second-order valence-electron chi connectivity index (χ2n) is 6.67. The third kappa shape index (κ3) is 11.1. The summed E-state index contributed by atoms with van der Waals surface area (Å²) < 4.78 is 1.28. The first kappa shape index (κ1) is 21.4. The Bertz CT molecular complexity index is 254. The van der Waals surface area contributed by atoms with Crippen LogP contribution in [0.2, 0.25) is 0 Å². The number of rotatable bonds is 16. The average molecular weight is 314 g/mol. The summed E-state index contributed by atoms with van der Waals surface area (Å²) in [5, 5.41) is 10.3. The Morgan fingerprint density at radius 2 is 1.05 bits per heavy atom. The van der Waals surface area contributed by atoms with Gasteiger partial charge in [-0.05, 0) is 46.5 Å². The number of quaternary nitrogens is 1. The molecule has 0 saturated heterocycles. The van der Waals surface area contributed by atoms with Crippen molar-refractivity contribution in [1.82, 2.24) is 0 Å². The highest BCUT2D eigenvalue weighted by atomic mass is 16.4. The first-order valence-electron chi connectivity index (χ1n) is 9.65. The maximum Gasteiger partial charge on any atom is 0.0786 e. The van der Waals surface area contributed by atoms with Gasteiger partial charge >= 0.3 is 0 Å². The molecule has 0 unspecified atom stereocenters. The van der Waals surface area contributed by atoms with E-state index >= 15 is 0 Å². The zero-order valence-corrected chi connectivity index (χ0v) is 15.4. The third-order valence-electron chi connectivity index (χ3n) is 5.28. The number of carboxylic acid groups (broad SMARTS) is 1. The molecule has 0 radical (unpaired) electrons. The molecule has 0 spiro atoms. The zero-order valence-electron chi connectivity index (χ0n) is 15.4. The van der Waals surface area contributed by atoms with Gasteiger partial charge in [0, 0.05) is 5.97 Å². The van der Waals surface area contributed by atoms with E-state index in [1.165, 1.54) is 82.0 Å². The van der Waals surface area contributed by atoms with Crippen molar-refractivity contribution in [1.29, 1.82) is 0 Å². The quantitative estimate of drug-likeness (QED) is 0.320. The van der Waals surface area contributed by atoms with Gasteiger partial charge in [0.05, 0.1) is 26.2 Å². The smallest absolute Gasteiger partial charge is 0.0786 e. The molecule has 22 heavy (non-hydrogen) atoms. The van der Waals surface area contributed by atoms with Crippen molar-refractivity contribution < 1.29 is 14.4 Å². The molecule has 0 fully saturated rings. The van der Waals surface area contributed by atoms with Crippen LogP contribution in [0.4, 0.5) is 0 Å². The molecular weight excluding hydrogens is 274 g/mol. The molecule has 3 heteroatoms. The van der Waals surface area contributed by atoms with Gasteiger partial charge in [-0.1, -0.05) is 44.9 Å². The Hall–Kier alpha value is -0.570. The van der Waals surface area contributed by atoms with Gasteiger partial charge in [-0.15, -0.1) is 0 Å². The second kappa shape index (κ2) is 14.0. The second-order valence-corrected chi connectivity index (χ2v) is 6.67. The lowest BCUT2D eigenvalue weighted by Crippen LogP contribution is -2.48. The van der Waals surface area contributed by atoms with Crippen LogP contribution in [0.5, 0.6) is 0 Å². The predicted molar refractivity (Wildman–Crippen MR) is 92.5 cm³/mol. The fourth-order valence-corrected chi connectivity index (χ4v) is 3.28. The summed E-state index contributed by atoms with van der Waals surface area (Å²) in [6.45, 7) is 12.1. The number of hydrogen-bond donors (Lipinski definition) is 0. The molecule has 0 aromatic heterocycles. The van der Waals surface area contributed by atoms with Crippen LogP contribution in [-0.4, -0.2) is 36.6 Å². The van der Waals surface area contributed by atoms with E-state index < -0.39 is 5.97 Å². The largest absolute Gasteiger partial charge is 0.550 e. The van der Waals surface area contributed by atoms with Gasteiger partial charge in [0.15, 0.2) is 0 Å². The number of nitrogens with zero attached hydrogens (tertiary/aromatic N) is 1. The minimum atomic E-state index is -0.906. The molecule has 0 heterocycles. The van der Waals surface area contributed by atoms with E-state index in [9.17, 15) is 9.90 Å². The van der Waals surface area contributed by atoms with Crippen molar-refractivity contribution in [3.05, 3.63) is 0 Å². The van der Waals surface area contributed by atoms with Crippen molar-refractivity contribution >= 4 is 5.97 Å². The molecule has 0 N–H and O–H groups in total. The maximum atomic E-state index is 10.3. The van der Waals surface area contributed by atoms with Crippen molar-refractivity contribution in [3.63, 3.8) is 0 Å². The van der Waals surface area contributed by atoms with E-state index in [-0.39, 0.29) is 6.42 Å². The van der Waals surface area contributed by atoms with E-state index in [4.69, 9.17) is 0 Å². The summed E-state index contributed by atoms with van der Waals surface area (Å²) >= 11 is 0. The molecule has 0 aliphatic heterocycles. The molecule has 0 atom stereocenters. The lowest BCUT2D eigenvalue weighted by molar-refractivity contribution is -0.923. The standard InChI is InChI=1S/C19H39NO2/c1-4-20(5-2,6-3)18-16-14-12-10-8-7-9-11-13-15-17-19(21)22/h4-18H2,1-3H3. The van der Waals surface area contributed by atoms with Crippen LogP contribution in [0, 0.1) is 0 Å². The van der Waals surface area contributed by atoms with Gasteiger partial charge in [0.1, 0.15) is 0 Å². The van der Waals surface area contributed by atoms with E-state index in [0.29, 0.717) is 0 Å². The number of hydrogen-bond acceptors (Lipinski definition) is 2. The minimum Gasteiger partial charge on any atom is -0.550 e. The zero-order chi connectivity index (χ0) is 16.7. The predicted octanol–water partition coefficient (Wildman–Crippen LogP) is 3.90. The number of aliphatic carboxylic acids is 1. The SMILES string of the molecule is CC[N+](CC)(CC)CCCCCCCCCCCCC(=O)[O-]. The number of carboxylic acids is 1. The molecule has 132 valence electrons. The van der Waals surface area contributed by atoms with Gasteiger partial charge in [0.25, 0.3) is 0 Å². The average Bonchev–Trinajstić information content (AvgIpc) is 2.52. The van der Waals surface area contributed by atoms with Crippen LogP contribution in [0.3, 0.4) is 0 Å². The Labute approximate surface area is 138 Å². The summed E-state index contributed by atoms with van der Waals surface area (Å²) in [7, 11) is 0. The topological polar surface area (TPSA) is 40.1 Å². The molecule has 0 aliphatic carbocycles. The van der Waals surface area contributed by atoms with Crippen LogP contribution in [0.1, 0.15) is 91.4 Å². The summed E-state index contributed by atoms with van der Waals surface area (Å²) in [6.07, 6.45) is 12.6. The van der Waals surface area contributed by atoms with Crippen LogP contribution in [0.25, 0.3) is 0 Å². The molecule has 0 rings (SSSR count). The molecule has 0 saturated carbocycles. The number of unbranched alkanes of at least 4 members (excludes halogenated alkanes) is 9. The Kier molecular flexibility index (Phi) is 13.7. The Morgan fingerprint density at radius 1 is 0.682 bits per heavy atom. The molecule has 0 aliphatic rings. The lowest BCUT2D eigenvalue weighted by atomic mass is 10.1. The van der Waals surface area contributed by atoms with E-state index in [1.54, 1.807) is 0 Å². The van der Waals surface area contributed by atoms with Crippen LogP contribution in [0.15, 0.2) is 0 Å². The summed E-state index contributed by atoms with van der Waals surface area (Å²) in [5.74, 6) is -0.906. The number of carbonyl (C=O) groups is 1. The fourth-order valence-electron chi connectivity index (χ4n) is 3.28. The van der Waals surface area contributed by atoms with E-state index in [2.05, 4.69) is 20.8 Å². The molecule has 0 aromatic rings. The maximum absolute atomic E-state index is 10.3. The molecule has 0 amide bonds. The molecule has 3 nitrogen and oxygen atoms in total. The van der Waals surface area contributed by atoms with Gasteiger partial charge < -0.3 is 14.4 Å². The highest BCUT2D eigenvalue weighted by Crippen LogP contribution is 2.13. The first-order chi connectivity index (χ1) is 10.6. The van der Waals surface area contributed by atoms with Crippen molar-refractivity contribution in [2.24, 2.45) is 0 Å². The third-order valence-corrected chi connectivity index (χ3v) is 5.28. The normalized spacial score (nSPS) is 11.8. The number of carbonyl (C=O) groups excluding carboxylic acids is 1. The molecular formula is C19H39NO2. The van der Waals surface area contributed by atoms with Crippen molar-refractivity contribution in [3.8, 4) is 0 Å². The van der Waals surface area contributed by atoms with E-state index in [1.807, 2.05) is 0 Å². The molecule has 0 bridgehead atoms. The Morgan fingerprint density at radius 3 is 1.41 bits per heavy atom. The van der Waals surface area contributed by atoms with E-state index in [0.717, 1.165) is 12.8 Å². The monoisotopic (exact) mass is 313 g/mol. The molecule has 0 aromatic carbocycles. The van der Waals surface area contributed by atoms with Crippen molar-refractivity contribution in [2.75, 3.05) is 26.2 Å².